The number of esters is 2. The van der Waals surface area contributed by atoms with Crippen molar-refractivity contribution in [3.63, 3.8) is 0 Å². The number of quaternary nitrogens is 1. The molecule has 0 bridgehead atoms. The van der Waals surface area contributed by atoms with E-state index in [4.69, 9.17) is 22.9 Å². The second-order valence-electron chi connectivity index (χ2n) is 17.4. The Kier molecular flexibility index (Phi) is 31.4. The first kappa shape index (κ1) is 55.5. The van der Waals surface area contributed by atoms with Gasteiger partial charge in [0.1, 0.15) is 31.3 Å². The lowest BCUT2D eigenvalue weighted by Crippen LogP contribution is -2.37. The van der Waals surface area contributed by atoms with Crippen molar-refractivity contribution in [3.05, 3.63) is 47.0 Å². The maximum Gasteiger partial charge on any atom is 0.472 e. The van der Waals surface area contributed by atoms with Crippen LogP contribution in [0.1, 0.15) is 184 Å². The lowest BCUT2D eigenvalue weighted by molar-refractivity contribution is -0.870. The van der Waals surface area contributed by atoms with Crippen LogP contribution < -0.4 is 0 Å². The van der Waals surface area contributed by atoms with Crippen molar-refractivity contribution in [2.75, 3.05) is 47.5 Å². The number of furan rings is 1. The number of hydrogen-bond donors (Lipinski definition) is 1. The predicted octanol–water partition coefficient (Wildman–Crippen LogP) is 12.0. The molecule has 0 amide bonds. The number of phosphoric ester groups is 1. The van der Waals surface area contributed by atoms with E-state index in [0.29, 0.717) is 30.3 Å². The number of likely N-dealkylation sites (N-methyl/N-ethyl adjacent to an activating group) is 1. The van der Waals surface area contributed by atoms with Crippen LogP contribution in [-0.2, 0) is 50.3 Å². The van der Waals surface area contributed by atoms with Crippen molar-refractivity contribution >= 4 is 25.5 Å². The highest BCUT2D eigenvalue weighted by Gasteiger charge is 2.27. The summed E-state index contributed by atoms with van der Waals surface area (Å²) < 4.78 is 40.5. The van der Waals surface area contributed by atoms with Crippen LogP contribution in [0.2, 0.25) is 0 Å². The Labute approximate surface area is 364 Å². The third-order valence-electron chi connectivity index (χ3n) is 10.7. The van der Waals surface area contributed by atoms with E-state index in [1.807, 2.05) is 33.3 Å². The largest absolute Gasteiger partial charge is 0.472 e. The highest BCUT2D eigenvalue weighted by atomic mass is 31.2. The fourth-order valence-electron chi connectivity index (χ4n) is 6.64. The molecule has 0 fully saturated rings. The summed E-state index contributed by atoms with van der Waals surface area (Å²) in [6.07, 6.45) is 30.1. The molecule has 1 aromatic rings. The maximum atomic E-state index is 12.8. The van der Waals surface area contributed by atoms with Crippen molar-refractivity contribution < 1.29 is 51.3 Å². The monoisotopic (exact) mass is 867 g/mol. The summed E-state index contributed by atoms with van der Waals surface area (Å²) in [6, 6.07) is 0. The van der Waals surface area contributed by atoms with Crippen molar-refractivity contribution in [1.82, 2.24) is 0 Å². The molecule has 0 aliphatic heterocycles. The lowest BCUT2D eigenvalue weighted by Gasteiger charge is -2.24. The third kappa shape index (κ3) is 30.5. The average molecular weight is 867 g/mol. The number of carbonyl (C=O) groups is 3. The molecule has 0 aromatic carbocycles. The Bertz CT molecular complexity index is 1410. The summed E-state index contributed by atoms with van der Waals surface area (Å²) in [5.74, 6) is 1.53. The van der Waals surface area contributed by atoms with Gasteiger partial charge in [0.2, 0.25) is 0 Å². The molecule has 0 aliphatic carbocycles. The van der Waals surface area contributed by atoms with Gasteiger partial charge in [-0.15, -0.1) is 0 Å². The number of aryl methyl sites for hydroxylation is 2. The number of unbranched alkanes of at least 4 members (excludes halogenated alkanes) is 16. The van der Waals surface area contributed by atoms with Crippen LogP contribution in [-0.4, -0.2) is 80.7 Å². The van der Waals surface area contributed by atoms with Crippen LogP contribution in [0.25, 0.3) is 0 Å². The van der Waals surface area contributed by atoms with Gasteiger partial charge in [-0.3, -0.25) is 23.4 Å². The predicted molar refractivity (Wildman–Crippen MR) is 242 cm³/mol. The summed E-state index contributed by atoms with van der Waals surface area (Å²) >= 11 is 0. The van der Waals surface area contributed by atoms with Gasteiger partial charge in [-0.05, 0) is 76.0 Å². The van der Waals surface area contributed by atoms with Crippen molar-refractivity contribution in [1.29, 1.82) is 0 Å². The van der Waals surface area contributed by atoms with E-state index in [9.17, 15) is 23.8 Å². The molecule has 1 rings (SSSR count). The van der Waals surface area contributed by atoms with E-state index in [1.54, 1.807) is 6.08 Å². The zero-order valence-corrected chi connectivity index (χ0v) is 39.8. The van der Waals surface area contributed by atoms with Gasteiger partial charge in [0.25, 0.3) is 0 Å². The van der Waals surface area contributed by atoms with Gasteiger partial charge >= 0.3 is 19.8 Å². The van der Waals surface area contributed by atoms with E-state index in [-0.39, 0.29) is 31.8 Å². The number of nitrogens with zero attached hydrogens (tertiary/aromatic N) is 1. The van der Waals surface area contributed by atoms with Gasteiger partial charge < -0.3 is 23.3 Å². The number of allylic oxidation sites excluding steroid dienone is 4. The highest BCUT2D eigenvalue weighted by molar-refractivity contribution is 7.47. The molecule has 1 N–H and O–H groups in total. The molecular weight excluding hydrogens is 781 g/mol. The standard InChI is InChI=1S/C48H84NO10P/c1-8-10-12-13-16-20-26-31-43(50)32-27-21-19-24-29-35-47(51)55-39-44(40-57-60(53,54)56-38-37-49(5,6)7)58-48(52)36-30-23-18-15-14-17-22-28-34-46-42(4)41(3)45(59-46)33-25-11-9-2/h16,20,26,31,44H,8-15,17-19,21-25,27-30,32-40H2,1-7H3/p+1/b20-16-,31-26+/t44-/m1/s1. The number of carbonyl (C=O) groups excluding carboxylic acids is 3. The molecule has 12 heteroatoms. The number of rotatable bonds is 39. The molecule has 0 radical (unpaired) electrons. The molecule has 11 nitrogen and oxygen atoms in total. The van der Waals surface area contributed by atoms with Crippen molar-refractivity contribution in [2.45, 2.75) is 194 Å². The van der Waals surface area contributed by atoms with Crippen LogP contribution >= 0.6 is 7.82 Å². The van der Waals surface area contributed by atoms with Gasteiger partial charge in [-0.2, -0.15) is 0 Å². The summed E-state index contributed by atoms with van der Waals surface area (Å²) in [5, 5.41) is 0. The normalized spacial score (nSPS) is 13.6. The molecule has 1 heterocycles. The topological polar surface area (TPSA) is 139 Å². The quantitative estimate of drug-likeness (QED) is 0.0170. The van der Waals surface area contributed by atoms with Gasteiger partial charge in [-0.25, -0.2) is 4.57 Å². The first-order chi connectivity index (χ1) is 28.7. The van der Waals surface area contributed by atoms with Crippen molar-refractivity contribution in [2.24, 2.45) is 0 Å². The number of ketones is 1. The van der Waals surface area contributed by atoms with Crippen LogP contribution in [0.5, 0.6) is 0 Å². The molecule has 0 aliphatic rings. The van der Waals surface area contributed by atoms with Crippen LogP contribution in [0.3, 0.4) is 0 Å². The van der Waals surface area contributed by atoms with Crippen LogP contribution in [0.15, 0.2) is 28.7 Å². The van der Waals surface area contributed by atoms with Gasteiger partial charge in [-0.1, -0.05) is 116 Å². The summed E-state index contributed by atoms with van der Waals surface area (Å²) in [4.78, 5) is 47.6. The maximum absolute atomic E-state index is 12.8. The smallest absolute Gasteiger partial charge is 0.466 e. The van der Waals surface area contributed by atoms with E-state index >= 15 is 0 Å². The lowest BCUT2D eigenvalue weighted by atomic mass is 10.0. The van der Waals surface area contributed by atoms with E-state index in [1.165, 1.54) is 68.3 Å². The second kappa shape index (κ2) is 34.0. The van der Waals surface area contributed by atoms with E-state index in [0.717, 1.165) is 82.8 Å². The second-order valence-corrected chi connectivity index (χ2v) is 18.9. The minimum absolute atomic E-state index is 0.00527. The molecule has 2 atom stereocenters. The molecule has 1 aromatic heterocycles. The van der Waals surface area contributed by atoms with Gasteiger partial charge in [0.05, 0.1) is 27.7 Å². The number of hydrogen-bond acceptors (Lipinski definition) is 9. The van der Waals surface area contributed by atoms with E-state index < -0.39 is 32.5 Å². The number of phosphoric acid groups is 1. The Balaban J connectivity index is 2.38. The third-order valence-corrected chi connectivity index (χ3v) is 11.6. The number of ether oxygens (including phenoxy) is 2. The molecule has 60 heavy (non-hydrogen) atoms. The van der Waals surface area contributed by atoms with Crippen molar-refractivity contribution in [3.8, 4) is 0 Å². The summed E-state index contributed by atoms with van der Waals surface area (Å²) in [6.45, 7) is 8.53. The molecular formula is C48H85NO10P+. The first-order valence-corrected chi connectivity index (χ1v) is 24.9. The Hall–Kier alpha value is -2.56. The fraction of sp³-hybridized carbons (Fsp3) is 0.771. The summed E-state index contributed by atoms with van der Waals surface area (Å²) in [5.41, 5.74) is 2.64. The minimum Gasteiger partial charge on any atom is -0.466 e. The van der Waals surface area contributed by atoms with Crippen LogP contribution in [0, 0.1) is 13.8 Å². The summed E-state index contributed by atoms with van der Waals surface area (Å²) in [7, 11) is 1.39. The first-order valence-electron chi connectivity index (χ1n) is 23.4. The Morgan fingerprint density at radius 2 is 1.18 bits per heavy atom. The van der Waals surface area contributed by atoms with Crippen LogP contribution in [0.4, 0.5) is 0 Å². The van der Waals surface area contributed by atoms with E-state index in [2.05, 4.69) is 33.8 Å². The zero-order chi connectivity index (χ0) is 44.5. The Morgan fingerprint density at radius 3 is 1.77 bits per heavy atom. The minimum atomic E-state index is -4.42. The fourth-order valence-corrected chi connectivity index (χ4v) is 7.39. The molecule has 0 saturated heterocycles. The zero-order valence-electron chi connectivity index (χ0n) is 38.9. The molecule has 1 unspecified atom stereocenters. The van der Waals surface area contributed by atoms with Gasteiger partial charge in [0, 0.05) is 32.1 Å². The molecule has 0 spiro atoms. The van der Waals surface area contributed by atoms with Gasteiger partial charge in [0.15, 0.2) is 11.9 Å². The Morgan fingerprint density at radius 1 is 0.667 bits per heavy atom. The SMILES string of the molecule is CCCCC/C=C\C=C\C(=O)CCCCCCCC(=O)OC[C@H](COP(=O)(O)OCC[N+](C)(C)C)OC(=O)CCCCCCCCCCc1oc(CCCCC)c(C)c1C. The molecule has 346 valence electrons. The average Bonchev–Trinajstić information content (AvgIpc) is 3.46. The highest BCUT2D eigenvalue weighted by Crippen LogP contribution is 2.43. The molecule has 0 saturated carbocycles.